The molecule has 0 amide bonds. The van der Waals surface area contributed by atoms with Crippen LogP contribution in [0.15, 0.2) is 16.6 Å². The first-order valence-corrected chi connectivity index (χ1v) is 5.40. The van der Waals surface area contributed by atoms with Crippen LogP contribution in [-0.4, -0.2) is 13.1 Å². The Hall–Kier alpha value is -1.38. The summed E-state index contributed by atoms with van der Waals surface area (Å²) in [7, 11) is 1.34. The number of esters is 1. The molecular weight excluding hydrogens is 272 g/mol. The minimum absolute atomic E-state index is 0.162. The van der Waals surface area contributed by atoms with Crippen LogP contribution in [0.2, 0.25) is 0 Å². The molecule has 0 aliphatic carbocycles. The van der Waals surface area contributed by atoms with Crippen molar-refractivity contribution in [3.8, 4) is 6.07 Å². The molecular formula is C11H11BrN2O2. The molecule has 0 aliphatic heterocycles. The van der Waals surface area contributed by atoms with E-state index in [9.17, 15) is 4.79 Å². The number of carbonyl (C=O) groups is 1. The predicted octanol–water partition coefficient (Wildman–Crippen LogP) is 1.49. The van der Waals surface area contributed by atoms with Crippen LogP contribution in [0, 0.1) is 11.3 Å². The molecule has 0 saturated carbocycles. The fraction of sp³-hybridized carbons (Fsp3) is 0.273. The van der Waals surface area contributed by atoms with E-state index >= 15 is 0 Å². The van der Waals surface area contributed by atoms with Crippen LogP contribution in [0.25, 0.3) is 0 Å². The average molecular weight is 283 g/mol. The van der Waals surface area contributed by atoms with Gasteiger partial charge in [-0.15, -0.1) is 0 Å². The van der Waals surface area contributed by atoms with Crippen molar-refractivity contribution < 1.29 is 9.53 Å². The van der Waals surface area contributed by atoms with E-state index in [1.165, 1.54) is 7.11 Å². The van der Waals surface area contributed by atoms with Gasteiger partial charge in [0.25, 0.3) is 0 Å². The molecule has 84 valence electrons. The quantitative estimate of drug-likeness (QED) is 0.853. The Labute approximate surface area is 102 Å². The summed E-state index contributed by atoms with van der Waals surface area (Å²) < 4.78 is 5.29. The number of halogens is 1. The molecule has 0 unspecified atom stereocenters. The van der Waals surface area contributed by atoms with Gasteiger partial charge in [-0.2, -0.15) is 5.26 Å². The molecule has 0 radical (unpaired) electrons. The van der Waals surface area contributed by atoms with E-state index in [1.807, 2.05) is 0 Å². The lowest BCUT2D eigenvalue weighted by Gasteiger charge is -2.09. The van der Waals surface area contributed by atoms with E-state index in [4.69, 9.17) is 11.0 Å². The van der Waals surface area contributed by atoms with Gasteiger partial charge in [0.2, 0.25) is 0 Å². The van der Waals surface area contributed by atoms with Crippen LogP contribution in [0.1, 0.15) is 16.7 Å². The second-order valence-corrected chi connectivity index (χ2v) is 3.93. The minimum Gasteiger partial charge on any atom is -0.469 e. The standard InChI is InChI=1S/C11H11BrN2O2/c1-16-10(15)4-7-2-3-8(5-13)9(6-14)11(7)12/h2-3H,4,6,14H2,1H3. The monoisotopic (exact) mass is 282 g/mol. The Balaban J connectivity index is 3.15. The van der Waals surface area contributed by atoms with Crippen molar-refractivity contribution >= 4 is 21.9 Å². The summed E-state index contributed by atoms with van der Waals surface area (Å²) in [5.74, 6) is -0.326. The largest absolute Gasteiger partial charge is 0.469 e. The van der Waals surface area contributed by atoms with Crippen molar-refractivity contribution in [2.24, 2.45) is 5.73 Å². The van der Waals surface area contributed by atoms with Crippen LogP contribution >= 0.6 is 15.9 Å². The molecule has 0 atom stereocenters. The molecule has 1 rings (SSSR count). The van der Waals surface area contributed by atoms with E-state index in [1.54, 1.807) is 12.1 Å². The molecule has 0 saturated heterocycles. The lowest BCUT2D eigenvalue weighted by atomic mass is 10.0. The number of rotatable bonds is 3. The predicted molar refractivity (Wildman–Crippen MR) is 62.5 cm³/mol. The molecule has 4 nitrogen and oxygen atoms in total. The van der Waals surface area contributed by atoms with Crippen LogP contribution in [0.3, 0.4) is 0 Å². The summed E-state index contributed by atoms with van der Waals surface area (Å²) in [4.78, 5) is 11.1. The fourth-order valence-electron chi connectivity index (χ4n) is 1.34. The van der Waals surface area contributed by atoms with E-state index in [2.05, 4.69) is 26.7 Å². The van der Waals surface area contributed by atoms with E-state index in [-0.39, 0.29) is 18.9 Å². The first-order valence-electron chi connectivity index (χ1n) is 4.61. The topological polar surface area (TPSA) is 76.1 Å². The molecule has 0 aromatic heterocycles. The highest BCUT2D eigenvalue weighted by Crippen LogP contribution is 2.25. The Bertz CT molecular complexity index is 452. The number of nitrogens with two attached hydrogens (primary N) is 1. The number of benzene rings is 1. The maximum Gasteiger partial charge on any atom is 0.310 e. The second-order valence-electron chi connectivity index (χ2n) is 3.13. The van der Waals surface area contributed by atoms with Crippen molar-refractivity contribution in [3.63, 3.8) is 0 Å². The van der Waals surface area contributed by atoms with Crippen molar-refractivity contribution in [2.45, 2.75) is 13.0 Å². The van der Waals surface area contributed by atoms with Gasteiger partial charge < -0.3 is 10.5 Å². The maximum absolute atomic E-state index is 11.1. The zero-order valence-electron chi connectivity index (χ0n) is 8.79. The van der Waals surface area contributed by atoms with Gasteiger partial charge in [0.15, 0.2) is 0 Å². The average Bonchev–Trinajstić information content (AvgIpc) is 2.31. The van der Waals surface area contributed by atoms with Crippen molar-refractivity contribution in [2.75, 3.05) is 7.11 Å². The third-order valence-electron chi connectivity index (χ3n) is 2.21. The van der Waals surface area contributed by atoms with Gasteiger partial charge in [0.05, 0.1) is 25.2 Å². The zero-order valence-corrected chi connectivity index (χ0v) is 10.4. The number of methoxy groups -OCH3 is 1. The van der Waals surface area contributed by atoms with Crippen LogP contribution in [0.4, 0.5) is 0 Å². The minimum atomic E-state index is -0.326. The lowest BCUT2D eigenvalue weighted by Crippen LogP contribution is -2.08. The summed E-state index contributed by atoms with van der Waals surface area (Å²) in [6, 6.07) is 5.43. The molecule has 0 fully saturated rings. The molecule has 0 aliphatic rings. The zero-order chi connectivity index (χ0) is 12.1. The molecule has 1 aromatic rings. The Morgan fingerprint density at radius 2 is 2.31 bits per heavy atom. The van der Waals surface area contributed by atoms with Crippen molar-refractivity contribution in [1.29, 1.82) is 5.26 Å². The highest BCUT2D eigenvalue weighted by atomic mass is 79.9. The summed E-state index contributed by atoms with van der Waals surface area (Å²) in [5.41, 5.74) is 7.56. The van der Waals surface area contributed by atoms with Gasteiger partial charge in [-0.25, -0.2) is 0 Å². The van der Waals surface area contributed by atoms with E-state index in [0.29, 0.717) is 15.6 Å². The highest BCUT2D eigenvalue weighted by Gasteiger charge is 2.12. The third-order valence-corrected chi connectivity index (χ3v) is 3.20. The van der Waals surface area contributed by atoms with Gasteiger partial charge in [-0.3, -0.25) is 4.79 Å². The third kappa shape index (κ3) is 2.60. The first kappa shape index (κ1) is 12.7. The van der Waals surface area contributed by atoms with Gasteiger partial charge in [0, 0.05) is 11.0 Å². The normalized spacial score (nSPS) is 9.62. The fourth-order valence-corrected chi connectivity index (χ4v) is 1.99. The van der Waals surface area contributed by atoms with Gasteiger partial charge in [-0.05, 0) is 17.2 Å². The van der Waals surface area contributed by atoms with Crippen LogP contribution < -0.4 is 5.73 Å². The molecule has 16 heavy (non-hydrogen) atoms. The van der Waals surface area contributed by atoms with Crippen LogP contribution in [-0.2, 0) is 22.5 Å². The Morgan fingerprint density at radius 1 is 1.62 bits per heavy atom. The van der Waals surface area contributed by atoms with E-state index < -0.39 is 0 Å². The summed E-state index contributed by atoms with van der Waals surface area (Å²) in [6.45, 7) is 0.249. The Morgan fingerprint density at radius 3 is 2.81 bits per heavy atom. The smallest absolute Gasteiger partial charge is 0.310 e. The molecule has 2 N–H and O–H groups in total. The van der Waals surface area contributed by atoms with Crippen LogP contribution in [0.5, 0.6) is 0 Å². The number of carbonyl (C=O) groups excluding carboxylic acids is 1. The van der Waals surface area contributed by atoms with Gasteiger partial charge >= 0.3 is 5.97 Å². The number of nitrogens with zero attached hydrogens (tertiary/aromatic N) is 1. The molecule has 1 aromatic carbocycles. The molecule has 0 bridgehead atoms. The summed E-state index contributed by atoms with van der Waals surface area (Å²) >= 11 is 3.35. The number of nitriles is 1. The van der Waals surface area contributed by atoms with Crippen molar-refractivity contribution in [1.82, 2.24) is 0 Å². The van der Waals surface area contributed by atoms with E-state index in [0.717, 1.165) is 5.56 Å². The van der Waals surface area contributed by atoms with Gasteiger partial charge in [-0.1, -0.05) is 22.0 Å². The van der Waals surface area contributed by atoms with Gasteiger partial charge in [0.1, 0.15) is 0 Å². The van der Waals surface area contributed by atoms with Crippen molar-refractivity contribution in [3.05, 3.63) is 33.3 Å². The number of ether oxygens (including phenoxy) is 1. The molecule has 0 heterocycles. The summed E-state index contributed by atoms with van der Waals surface area (Å²) in [5, 5.41) is 8.87. The highest BCUT2D eigenvalue weighted by molar-refractivity contribution is 9.10. The second kappa shape index (κ2) is 5.64. The lowest BCUT2D eigenvalue weighted by molar-refractivity contribution is -0.139. The molecule has 5 heteroatoms. The number of hydrogen-bond donors (Lipinski definition) is 1. The molecule has 0 spiro atoms. The SMILES string of the molecule is COC(=O)Cc1ccc(C#N)c(CN)c1Br. The number of hydrogen-bond acceptors (Lipinski definition) is 4. The Kier molecular flexibility index (Phi) is 4.47. The maximum atomic E-state index is 11.1. The first-order chi connectivity index (χ1) is 7.63. The summed E-state index contributed by atoms with van der Waals surface area (Å²) in [6.07, 6.45) is 0.162.